The average Bonchev–Trinajstić information content (AvgIpc) is 2.50. The molecule has 2 aromatic carbocycles. The Bertz CT molecular complexity index is 703. The predicted octanol–water partition coefficient (Wildman–Crippen LogP) is 5.36. The quantitative estimate of drug-likeness (QED) is 0.562. The Hall–Kier alpha value is -1.71. The number of phenols is 1. The summed E-state index contributed by atoms with van der Waals surface area (Å²) in [6.07, 6.45) is 0.907. The number of ether oxygens (including phenoxy) is 1. The molecule has 0 amide bonds. The fourth-order valence-electron chi connectivity index (χ4n) is 2.25. The smallest absolute Gasteiger partial charge is 0.163 e. The standard InChI is InChI=1S/C18H18Cl2O3/c1-11-5-6-17(12(2)8-11)23-7-3-4-16(21)13-9-14(19)18(22)15(20)10-13/h5-6,8-10,22H,3-4,7H2,1-2H3. The normalized spacial score (nSPS) is 10.6. The van der Waals surface area contributed by atoms with Crippen molar-refractivity contribution >= 4 is 29.0 Å². The van der Waals surface area contributed by atoms with Crippen LogP contribution in [-0.4, -0.2) is 17.5 Å². The monoisotopic (exact) mass is 352 g/mol. The van der Waals surface area contributed by atoms with Crippen LogP contribution in [0.1, 0.15) is 34.3 Å². The Kier molecular flexibility index (Phi) is 5.91. The maximum atomic E-state index is 12.1. The molecule has 0 unspecified atom stereocenters. The molecule has 5 heteroatoms. The summed E-state index contributed by atoms with van der Waals surface area (Å²) in [6, 6.07) is 8.84. The fraction of sp³-hybridized carbons (Fsp3) is 0.278. The molecule has 0 saturated carbocycles. The molecule has 0 heterocycles. The number of aryl methyl sites for hydroxylation is 2. The molecule has 0 bridgehead atoms. The van der Waals surface area contributed by atoms with Crippen molar-refractivity contribution in [3.05, 3.63) is 57.1 Å². The molecule has 2 rings (SSSR count). The van der Waals surface area contributed by atoms with Crippen LogP contribution in [0.15, 0.2) is 30.3 Å². The molecule has 0 atom stereocenters. The van der Waals surface area contributed by atoms with Gasteiger partial charge in [-0.1, -0.05) is 40.9 Å². The summed E-state index contributed by atoms with van der Waals surface area (Å²) < 4.78 is 5.70. The van der Waals surface area contributed by atoms with Crippen LogP contribution in [0.5, 0.6) is 11.5 Å². The van der Waals surface area contributed by atoms with Gasteiger partial charge in [0, 0.05) is 12.0 Å². The van der Waals surface area contributed by atoms with Gasteiger partial charge in [0.2, 0.25) is 0 Å². The van der Waals surface area contributed by atoms with Gasteiger partial charge in [-0.25, -0.2) is 0 Å². The van der Waals surface area contributed by atoms with E-state index in [0.717, 1.165) is 11.3 Å². The van der Waals surface area contributed by atoms with Crippen LogP contribution in [0.3, 0.4) is 0 Å². The van der Waals surface area contributed by atoms with Crippen molar-refractivity contribution in [1.82, 2.24) is 0 Å². The van der Waals surface area contributed by atoms with Gasteiger partial charge in [0.1, 0.15) is 5.75 Å². The first-order valence-electron chi connectivity index (χ1n) is 7.29. The van der Waals surface area contributed by atoms with E-state index in [-0.39, 0.29) is 21.6 Å². The van der Waals surface area contributed by atoms with Crippen LogP contribution in [0.4, 0.5) is 0 Å². The molecule has 0 aromatic heterocycles. The lowest BCUT2D eigenvalue weighted by atomic mass is 10.1. The number of hydrogen-bond acceptors (Lipinski definition) is 3. The second kappa shape index (κ2) is 7.71. The van der Waals surface area contributed by atoms with Crippen LogP contribution in [-0.2, 0) is 0 Å². The average molecular weight is 353 g/mol. The number of carbonyl (C=O) groups is 1. The zero-order valence-corrected chi connectivity index (χ0v) is 14.5. The number of aromatic hydroxyl groups is 1. The van der Waals surface area contributed by atoms with Gasteiger partial charge in [-0.3, -0.25) is 4.79 Å². The third-order valence-electron chi connectivity index (χ3n) is 3.48. The number of rotatable bonds is 6. The summed E-state index contributed by atoms with van der Waals surface area (Å²) in [5.74, 6) is 0.542. The van der Waals surface area contributed by atoms with Gasteiger partial charge < -0.3 is 9.84 Å². The molecule has 3 nitrogen and oxygen atoms in total. The van der Waals surface area contributed by atoms with E-state index in [1.165, 1.54) is 17.7 Å². The molecule has 23 heavy (non-hydrogen) atoms. The molecule has 0 fully saturated rings. The number of ketones is 1. The Morgan fingerprint density at radius 1 is 1.13 bits per heavy atom. The van der Waals surface area contributed by atoms with E-state index in [1.54, 1.807) is 0 Å². The molecule has 0 aliphatic carbocycles. The number of carbonyl (C=O) groups excluding carboxylic acids is 1. The molecule has 122 valence electrons. The third-order valence-corrected chi connectivity index (χ3v) is 4.05. The highest BCUT2D eigenvalue weighted by atomic mass is 35.5. The zero-order valence-electron chi connectivity index (χ0n) is 13.0. The summed E-state index contributed by atoms with van der Waals surface area (Å²) in [4.78, 5) is 12.1. The molecule has 0 aliphatic heterocycles. The number of hydrogen-bond donors (Lipinski definition) is 1. The number of Topliss-reactive ketones (excluding diaryl/α,β-unsaturated/α-hetero) is 1. The van der Waals surface area contributed by atoms with Crippen molar-refractivity contribution in [2.24, 2.45) is 0 Å². The van der Waals surface area contributed by atoms with Crippen molar-refractivity contribution < 1.29 is 14.6 Å². The second-order valence-electron chi connectivity index (χ2n) is 5.43. The topological polar surface area (TPSA) is 46.5 Å². The highest BCUT2D eigenvalue weighted by Crippen LogP contribution is 2.33. The minimum atomic E-state index is -0.205. The van der Waals surface area contributed by atoms with Crippen LogP contribution < -0.4 is 4.74 Å². The highest BCUT2D eigenvalue weighted by Gasteiger charge is 2.12. The largest absolute Gasteiger partial charge is 0.505 e. The lowest BCUT2D eigenvalue weighted by Crippen LogP contribution is -2.04. The number of halogens is 2. The Labute approximate surface area is 145 Å². The van der Waals surface area contributed by atoms with Gasteiger partial charge in [0.05, 0.1) is 16.7 Å². The first-order valence-corrected chi connectivity index (χ1v) is 8.05. The highest BCUT2D eigenvalue weighted by molar-refractivity contribution is 6.37. The summed E-state index contributed by atoms with van der Waals surface area (Å²) in [6.45, 7) is 4.48. The van der Waals surface area contributed by atoms with E-state index >= 15 is 0 Å². The molecule has 0 aliphatic rings. The van der Waals surface area contributed by atoms with Crippen molar-refractivity contribution in [2.75, 3.05) is 6.61 Å². The van der Waals surface area contributed by atoms with Gasteiger partial charge >= 0.3 is 0 Å². The van der Waals surface area contributed by atoms with E-state index in [4.69, 9.17) is 27.9 Å². The van der Waals surface area contributed by atoms with Crippen LogP contribution in [0.2, 0.25) is 10.0 Å². The Morgan fingerprint density at radius 3 is 2.39 bits per heavy atom. The SMILES string of the molecule is Cc1ccc(OCCCC(=O)c2cc(Cl)c(O)c(Cl)c2)c(C)c1. The fourth-order valence-corrected chi connectivity index (χ4v) is 2.73. The molecule has 0 radical (unpaired) electrons. The first kappa shape index (κ1) is 17.6. The Balaban J connectivity index is 1.88. The van der Waals surface area contributed by atoms with Crippen molar-refractivity contribution in [3.63, 3.8) is 0 Å². The van der Waals surface area contributed by atoms with Gasteiger partial charge in [0.25, 0.3) is 0 Å². The summed E-state index contributed by atoms with van der Waals surface area (Å²) in [5.41, 5.74) is 2.66. The van der Waals surface area contributed by atoms with E-state index in [0.29, 0.717) is 25.0 Å². The van der Waals surface area contributed by atoms with Crippen LogP contribution >= 0.6 is 23.2 Å². The lowest BCUT2D eigenvalue weighted by Gasteiger charge is -2.10. The van der Waals surface area contributed by atoms with E-state index in [9.17, 15) is 9.90 Å². The minimum absolute atomic E-state index is 0.0763. The van der Waals surface area contributed by atoms with Crippen molar-refractivity contribution in [3.8, 4) is 11.5 Å². The van der Waals surface area contributed by atoms with Gasteiger partial charge in [-0.2, -0.15) is 0 Å². The van der Waals surface area contributed by atoms with Crippen molar-refractivity contribution in [2.45, 2.75) is 26.7 Å². The molecule has 0 saturated heterocycles. The second-order valence-corrected chi connectivity index (χ2v) is 6.25. The molecular weight excluding hydrogens is 335 g/mol. The number of phenolic OH excluding ortho intramolecular Hbond substituents is 1. The van der Waals surface area contributed by atoms with Crippen LogP contribution in [0.25, 0.3) is 0 Å². The third kappa shape index (κ3) is 4.63. The Morgan fingerprint density at radius 2 is 1.78 bits per heavy atom. The lowest BCUT2D eigenvalue weighted by molar-refractivity contribution is 0.0973. The molecule has 0 spiro atoms. The first-order chi connectivity index (χ1) is 10.9. The van der Waals surface area contributed by atoms with Crippen LogP contribution in [0, 0.1) is 13.8 Å². The van der Waals surface area contributed by atoms with E-state index in [1.807, 2.05) is 26.0 Å². The van der Waals surface area contributed by atoms with Crippen molar-refractivity contribution in [1.29, 1.82) is 0 Å². The molecule has 2 aromatic rings. The van der Waals surface area contributed by atoms with Gasteiger partial charge in [-0.15, -0.1) is 0 Å². The minimum Gasteiger partial charge on any atom is -0.505 e. The maximum Gasteiger partial charge on any atom is 0.163 e. The van der Waals surface area contributed by atoms with Gasteiger partial charge in [-0.05, 0) is 44.0 Å². The summed E-state index contributed by atoms with van der Waals surface area (Å²) >= 11 is 11.6. The van der Waals surface area contributed by atoms with E-state index < -0.39 is 0 Å². The predicted molar refractivity (Wildman–Crippen MR) is 93.1 cm³/mol. The summed E-state index contributed by atoms with van der Waals surface area (Å²) in [5, 5.41) is 9.66. The molecule has 1 N–H and O–H groups in total. The van der Waals surface area contributed by atoms with Gasteiger partial charge in [0.15, 0.2) is 11.5 Å². The zero-order chi connectivity index (χ0) is 17.0. The maximum absolute atomic E-state index is 12.1. The summed E-state index contributed by atoms with van der Waals surface area (Å²) in [7, 11) is 0. The number of benzene rings is 2. The van der Waals surface area contributed by atoms with E-state index in [2.05, 4.69) is 6.07 Å². The molecular formula is C18H18Cl2O3.